The molecule has 0 spiro atoms. The van der Waals surface area contributed by atoms with Crippen LogP contribution in [0.25, 0.3) is 0 Å². The van der Waals surface area contributed by atoms with Crippen molar-refractivity contribution < 1.29 is 18.9 Å². The number of hydrogen-bond donors (Lipinski definition) is 1. The van der Waals surface area contributed by atoms with E-state index in [1.54, 1.807) is 23.1 Å². The van der Waals surface area contributed by atoms with Crippen molar-refractivity contribution in [2.24, 2.45) is 5.73 Å². The lowest BCUT2D eigenvalue weighted by Gasteiger charge is -2.32. The van der Waals surface area contributed by atoms with E-state index in [1.807, 2.05) is 39.8 Å². The highest BCUT2D eigenvalue weighted by atomic mass is 16.7. The molecule has 1 aromatic rings. The molecule has 2 aliphatic heterocycles. The van der Waals surface area contributed by atoms with Gasteiger partial charge in [-0.05, 0) is 51.2 Å². The van der Waals surface area contributed by atoms with Gasteiger partial charge in [0.25, 0.3) is 0 Å². The van der Waals surface area contributed by atoms with Gasteiger partial charge in [0.15, 0.2) is 0 Å². The predicted molar refractivity (Wildman–Crippen MR) is 104 cm³/mol. The highest BCUT2D eigenvalue weighted by Gasteiger charge is 2.52. The summed E-state index contributed by atoms with van der Waals surface area (Å²) in [6.07, 6.45) is 2.89. The van der Waals surface area contributed by atoms with E-state index in [2.05, 4.69) is 0 Å². The Balaban J connectivity index is 1.64. The van der Waals surface area contributed by atoms with Crippen LogP contribution in [-0.4, -0.2) is 48.1 Å². The van der Waals surface area contributed by atoms with Gasteiger partial charge in [-0.1, -0.05) is 24.3 Å². The molecule has 3 rings (SSSR count). The van der Waals surface area contributed by atoms with Crippen LogP contribution >= 0.6 is 0 Å². The minimum atomic E-state index is -0.514. The number of amides is 2. The largest absolute Gasteiger partial charge is 0.490 e. The number of carbonyl (C=O) groups is 2. The smallest absolute Gasteiger partial charge is 0.400 e. The number of benzene rings is 1. The van der Waals surface area contributed by atoms with Gasteiger partial charge in [-0.3, -0.25) is 9.59 Å². The van der Waals surface area contributed by atoms with Crippen LogP contribution in [0.2, 0.25) is 0 Å². The minimum Gasteiger partial charge on any atom is -0.400 e. The number of nitrogens with zero attached hydrogens (tertiary/aromatic N) is 1. The van der Waals surface area contributed by atoms with Gasteiger partial charge in [-0.25, -0.2) is 0 Å². The summed E-state index contributed by atoms with van der Waals surface area (Å²) in [7, 11) is -0.358. The van der Waals surface area contributed by atoms with Gasteiger partial charge in [0, 0.05) is 18.7 Å². The summed E-state index contributed by atoms with van der Waals surface area (Å²) in [5.41, 5.74) is 6.80. The highest BCUT2D eigenvalue weighted by Crippen LogP contribution is 2.39. The van der Waals surface area contributed by atoms with E-state index in [9.17, 15) is 9.59 Å². The van der Waals surface area contributed by atoms with Crippen molar-refractivity contribution in [3.05, 3.63) is 46.9 Å². The molecule has 0 radical (unpaired) electrons. The van der Waals surface area contributed by atoms with Crippen molar-refractivity contribution in [3.8, 4) is 0 Å². The monoisotopic (exact) mass is 370 g/mol. The van der Waals surface area contributed by atoms with Gasteiger partial charge in [0.1, 0.15) is 0 Å². The quantitative estimate of drug-likeness (QED) is 0.824. The minimum absolute atomic E-state index is 0.0204. The van der Waals surface area contributed by atoms with Crippen LogP contribution < -0.4 is 5.73 Å². The molecule has 0 saturated carbocycles. The molecule has 0 bridgehead atoms. The number of rotatable bonds is 4. The van der Waals surface area contributed by atoms with Gasteiger partial charge >= 0.3 is 7.12 Å². The molecule has 2 amide bonds. The van der Waals surface area contributed by atoms with Gasteiger partial charge < -0.3 is 19.9 Å². The number of primary amides is 1. The van der Waals surface area contributed by atoms with E-state index in [-0.39, 0.29) is 30.6 Å². The van der Waals surface area contributed by atoms with Gasteiger partial charge in [-0.15, -0.1) is 0 Å². The second-order valence-electron chi connectivity index (χ2n) is 8.16. The molecule has 2 aliphatic rings. The zero-order valence-electron chi connectivity index (χ0n) is 16.5. The molecule has 1 aromatic carbocycles. The maximum atomic E-state index is 12.7. The van der Waals surface area contributed by atoms with E-state index in [0.29, 0.717) is 30.6 Å². The van der Waals surface area contributed by atoms with Crippen LogP contribution in [0.5, 0.6) is 0 Å². The number of hydrogen-bond acceptors (Lipinski definition) is 4. The third kappa shape index (κ3) is 3.94. The van der Waals surface area contributed by atoms with Gasteiger partial charge in [0.2, 0.25) is 11.8 Å². The molecule has 0 aliphatic carbocycles. The zero-order chi connectivity index (χ0) is 19.8. The third-order valence-corrected chi connectivity index (χ3v) is 5.78. The SMILES string of the molecule is CC1(C)OB(C2=CCN(C(=O)Cc3ccccc3C(N)=O)CC2)OC1(C)C. The Labute approximate surface area is 160 Å². The molecule has 1 fully saturated rings. The fraction of sp³-hybridized carbons (Fsp3) is 0.500. The van der Waals surface area contributed by atoms with Crippen molar-refractivity contribution in [3.63, 3.8) is 0 Å². The summed E-state index contributed by atoms with van der Waals surface area (Å²) in [6, 6.07) is 6.97. The fourth-order valence-corrected chi connectivity index (χ4v) is 3.31. The first kappa shape index (κ1) is 19.6. The van der Waals surface area contributed by atoms with Crippen molar-refractivity contribution in [1.29, 1.82) is 0 Å². The molecule has 144 valence electrons. The topological polar surface area (TPSA) is 81.9 Å². The van der Waals surface area contributed by atoms with Crippen LogP contribution in [0.1, 0.15) is 50.0 Å². The first-order valence-electron chi connectivity index (χ1n) is 9.31. The van der Waals surface area contributed by atoms with Crippen LogP contribution in [0.15, 0.2) is 35.8 Å². The van der Waals surface area contributed by atoms with Crippen LogP contribution in [0.3, 0.4) is 0 Å². The second-order valence-corrected chi connectivity index (χ2v) is 8.16. The Bertz CT molecular complexity index is 772. The summed E-state index contributed by atoms with van der Waals surface area (Å²) < 4.78 is 12.2. The van der Waals surface area contributed by atoms with E-state index in [4.69, 9.17) is 15.0 Å². The zero-order valence-corrected chi connectivity index (χ0v) is 16.5. The normalized spacial score (nSPS) is 21.1. The summed E-state index contributed by atoms with van der Waals surface area (Å²) >= 11 is 0. The van der Waals surface area contributed by atoms with Crippen molar-refractivity contribution in [1.82, 2.24) is 4.90 Å². The van der Waals surface area contributed by atoms with Crippen LogP contribution in [-0.2, 0) is 20.5 Å². The van der Waals surface area contributed by atoms with Crippen LogP contribution in [0, 0.1) is 0 Å². The molecule has 2 N–H and O–H groups in total. The Hall–Kier alpha value is -2.12. The maximum absolute atomic E-state index is 12.7. The molecular formula is C20H27BN2O4. The summed E-state index contributed by atoms with van der Waals surface area (Å²) in [6.45, 7) is 9.24. The van der Waals surface area contributed by atoms with E-state index in [1.165, 1.54) is 0 Å². The van der Waals surface area contributed by atoms with Crippen molar-refractivity contribution in [2.45, 2.75) is 51.7 Å². The Kier molecular flexibility index (Phi) is 5.19. The van der Waals surface area contributed by atoms with Gasteiger partial charge in [-0.2, -0.15) is 0 Å². The highest BCUT2D eigenvalue weighted by molar-refractivity contribution is 6.54. The first-order valence-corrected chi connectivity index (χ1v) is 9.31. The average Bonchev–Trinajstić information content (AvgIpc) is 2.83. The third-order valence-electron chi connectivity index (χ3n) is 5.78. The molecule has 0 aromatic heterocycles. The maximum Gasteiger partial charge on any atom is 0.490 e. The molecular weight excluding hydrogens is 343 g/mol. The predicted octanol–water partition coefficient (Wildman–Crippen LogP) is 2.12. The molecule has 0 unspecified atom stereocenters. The van der Waals surface area contributed by atoms with E-state index < -0.39 is 5.91 Å². The van der Waals surface area contributed by atoms with Gasteiger partial charge in [0.05, 0.1) is 17.6 Å². The lowest BCUT2D eigenvalue weighted by Crippen LogP contribution is -2.41. The first-order chi connectivity index (χ1) is 12.6. The van der Waals surface area contributed by atoms with E-state index >= 15 is 0 Å². The Morgan fingerprint density at radius 2 is 1.78 bits per heavy atom. The van der Waals surface area contributed by atoms with E-state index in [0.717, 1.165) is 5.47 Å². The van der Waals surface area contributed by atoms with Crippen molar-refractivity contribution in [2.75, 3.05) is 13.1 Å². The lowest BCUT2D eigenvalue weighted by molar-refractivity contribution is -0.130. The number of nitrogens with two attached hydrogens (primary N) is 1. The summed E-state index contributed by atoms with van der Waals surface area (Å²) in [4.78, 5) is 26.0. The summed E-state index contributed by atoms with van der Waals surface area (Å²) in [5, 5.41) is 0. The average molecular weight is 370 g/mol. The second kappa shape index (κ2) is 7.13. The molecule has 2 heterocycles. The Morgan fingerprint density at radius 1 is 1.15 bits per heavy atom. The molecule has 6 nitrogen and oxygen atoms in total. The standard InChI is InChI=1S/C20H27BN2O4/c1-19(2)20(3,4)27-21(26-19)15-9-11-23(12-10-15)17(24)13-14-7-5-6-8-16(14)18(22)25/h5-9H,10-13H2,1-4H3,(H2,22,25). The lowest BCUT2D eigenvalue weighted by atomic mass is 9.74. The molecule has 0 atom stereocenters. The molecule has 1 saturated heterocycles. The summed E-state index contributed by atoms with van der Waals surface area (Å²) in [5.74, 6) is -0.534. The van der Waals surface area contributed by atoms with Crippen LogP contribution in [0.4, 0.5) is 0 Å². The fourth-order valence-electron chi connectivity index (χ4n) is 3.31. The Morgan fingerprint density at radius 3 is 2.33 bits per heavy atom. The molecule has 7 heteroatoms. The van der Waals surface area contributed by atoms with Crippen molar-refractivity contribution >= 4 is 18.9 Å². The molecule has 27 heavy (non-hydrogen) atoms. The number of carbonyl (C=O) groups excluding carboxylic acids is 2.